The highest BCUT2D eigenvalue weighted by atomic mass is 127. The lowest BCUT2D eigenvalue weighted by Gasteiger charge is -2.41. The zero-order valence-electron chi connectivity index (χ0n) is 20.7. The number of carbonyl (C=O) groups is 1. The number of pyridine rings is 1. The highest BCUT2D eigenvalue weighted by Crippen LogP contribution is 2.38. The molecule has 2 aromatic carbocycles. The smallest absolute Gasteiger partial charge is 0.256 e. The Hall–Kier alpha value is -2.53. The normalized spacial score (nSPS) is 19.4. The number of fused-ring (bicyclic) bond motifs is 2. The van der Waals surface area contributed by atoms with Crippen molar-refractivity contribution in [2.45, 2.75) is 27.6 Å². The lowest BCUT2D eigenvalue weighted by molar-refractivity contribution is -0.673. The number of sulfonamides is 1. The van der Waals surface area contributed by atoms with E-state index >= 15 is 0 Å². The molecule has 2 N–H and O–H groups in total. The SMILES string of the molecule is C[n+]1ccc2c(c1)SC(C(=O)N1CCN(S(=O)(=O)c3ccc4cc(Cl)ccc4c3)CC1Cc1nn[nH]n1)N2.[I-]. The van der Waals surface area contributed by atoms with E-state index in [0.29, 0.717) is 10.8 Å². The Morgan fingerprint density at radius 3 is 2.77 bits per heavy atom. The second-order valence-corrected chi connectivity index (χ2v) is 12.8. The molecule has 2 aliphatic rings. The summed E-state index contributed by atoms with van der Waals surface area (Å²) < 4.78 is 30.7. The quantitative estimate of drug-likeness (QED) is 0.197. The molecule has 1 amide bonds. The number of rotatable bonds is 5. The highest BCUT2D eigenvalue weighted by Gasteiger charge is 2.41. The van der Waals surface area contributed by atoms with Gasteiger partial charge in [0.05, 0.1) is 21.5 Å². The molecule has 1 fully saturated rings. The van der Waals surface area contributed by atoms with Gasteiger partial charge in [0.2, 0.25) is 10.0 Å². The maximum atomic E-state index is 13.7. The summed E-state index contributed by atoms with van der Waals surface area (Å²) >= 11 is 7.53. The second kappa shape index (κ2) is 11.2. The lowest BCUT2D eigenvalue weighted by atomic mass is 10.1. The molecule has 0 aliphatic carbocycles. The van der Waals surface area contributed by atoms with Gasteiger partial charge in [-0.3, -0.25) is 4.79 Å². The van der Waals surface area contributed by atoms with Gasteiger partial charge in [0.1, 0.15) is 7.05 Å². The Morgan fingerprint density at radius 2 is 1.97 bits per heavy atom. The minimum atomic E-state index is -3.82. The number of thioether (sulfide) groups is 1. The van der Waals surface area contributed by atoms with Crippen LogP contribution in [0.4, 0.5) is 5.69 Å². The van der Waals surface area contributed by atoms with Gasteiger partial charge in [-0.05, 0) is 35.0 Å². The van der Waals surface area contributed by atoms with Crippen molar-refractivity contribution in [3.05, 3.63) is 65.7 Å². The Balaban J connectivity index is 0.00000308. The number of aryl methyl sites for hydroxylation is 1. The number of hydrogen-bond acceptors (Lipinski definition) is 8. The van der Waals surface area contributed by atoms with Crippen LogP contribution in [0.1, 0.15) is 5.82 Å². The summed E-state index contributed by atoms with van der Waals surface area (Å²) in [5.41, 5.74) is 0.903. The van der Waals surface area contributed by atoms with Gasteiger partial charge in [0.25, 0.3) is 5.91 Å². The highest BCUT2D eigenvalue weighted by molar-refractivity contribution is 8.01. The van der Waals surface area contributed by atoms with Gasteiger partial charge < -0.3 is 34.2 Å². The van der Waals surface area contributed by atoms with E-state index in [-0.39, 0.29) is 60.8 Å². The van der Waals surface area contributed by atoms with Crippen LogP contribution in [0.2, 0.25) is 5.02 Å². The van der Waals surface area contributed by atoms with Crippen LogP contribution in [0.3, 0.4) is 0 Å². The first-order chi connectivity index (χ1) is 18.3. The van der Waals surface area contributed by atoms with E-state index < -0.39 is 21.4 Å². The number of amides is 1. The largest absolute Gasteiger partial charge is 1.00 e. The second-order valence-electron chi connectivity index (χ2n) is 9.26. The van der Waals surface area contributed by atoms with Gasteiger partial charge in [-0.25, -0.2) is 13.0 Å². The summed E-state index contributed by atoms with van der Waals surface area (Å²) in [5, 5.41) is 19.2. The number of carbonyl (C=O) groups excluding carboxylic acids is 1. The first-order valence-corrected chi connectivity index (χ1v) is 14.6. The number of halogens is 2. The van der Waals surface area contributed by atoms with Gasteiger partial charge >= 0.3 is 0 Å². The summed E-state index contributed by atoms with van der Waals surface area (Å²) in [7, 11) is -1.89. The average molecular weight is 699 g/mol. The Kier molecular flexibility index (Phi) is 8.01. The van der Waals surface area contributed by atoms with Crippen molar-refractivity contribution in [2.75, 3.05) is 25.0 Å². The van der Waals surface area contributed by atoms with E-state index in [1.54, 1.807) is 41.3 Å². The molecule has 4 aromatic rings. The summed E-state index contributed by atoms with van der Waals surface area (Å²) in [6.07, 6.45) is 4.16. The molecule has 204 valence electrons. The van der Waals surface area contributed by atoms with Crippen molar-refractivity contribution in [3.8, 4) is 0 Å². The number of tetrazole rings is 1. The molecule has 0 spiro atoms. The van der Waals surface area contributed by atoms with Gasteiger partial charge in [0, 0.05) is 37.1 Å². The number of aromatic amines is 1. The van der Waals surface area contributed by atoms with E-state index in [0.717, 1.165) is 21.4 Å². The molecule has 39 heavy (non-hydrogen) atoms. The standard InChI is InChI=1S/C24H23ClN8O3S2.HI/c1-31-7-6-20-21(14-31)37-23(26-20)24(34)33-9-8-32(13-18(33)12-22-27-29-30-28-22)38(35,36)19-5-3-15-10-17(25)4-2-16(15)11-19;/h2-7,10-11,14,18,23H,8-9,12-13H2,1H3,(H,27,28,29,30);1H. The third-order valence-electron chi connectivity index (χ3n) is 6.77. The number of piperazine rings is 1. The number of aromatic nitrogens is 5. The predicted octanol–water partition coefficient (Wildman–Crippen LogP) is -1.18. The monoisotopic (exact) mass is 698 g/mol. The molecular weight excluding hydrogens is 675 g/mol. The average Bonchev–Trinajstić information content (AvgIpc) is 3.57. The van der Waals surface area contributed by atoms with Crippen LogP contribution in [0.15, 0.2) is 64.6 Å². The van der Waals surface area contributed by atoms with Crippen molar-refractivity contribution in [2.24, 2.45) is 7.05 Å². The zero-order chi connectivity index (χ0) is 26.4. The topological polar surface area (TPSA) is 128 Å². The molecule has 4 heterocycles. The molecule has 0 radical (unpaired) electrons. The number of H-pyrrole nitrogens is 1. The molecule has 2 aromatic heterocycles. The number of hydrogen-bond donors (Lipinski definition) is 2. The zero-order valence-corrected chi connectivity index (χ0v) is 25.2. The van der Waals surface area contributed by atoms with E-state index in [4.69, 9.17) is 11.6 Å². The molecular formula is C24H24ClIN8O3S2. The van der Waals surface area contributed by atoms with Crippen molar-refractivity contribution >= 4 is 55.8 Å². The predicted molar refractivity (Wildman–Crippen MR) is 142 cm³/mol. The molecule has 6 rings (SSSR count). The van der Waals surface area contributed by atoms with Gasteiger partial charge in [-0.15, -0.1) is 10.2 Å². The van der Waals surface area contributed by atoms with Crippen LogP contribution < -0.4 is 33.9 Å². The molecule has 2 unspecified atom stereocenters. The van der Waals surface area contributed by atoms with Crippen LogP contribution in [-0.4, -0.2) is 75.2 Å². The van der Waals surface area contributed by atoms with Gasteiger partial charge in [0.15, 0.2) is 23.6 Å². The van der Waals surface area contributed by atoms with Crippen molar-refractivity contribution in [1.82, 2.24) is 29.8 Å². The van der Waals surface area contributed by atoms with E-state index in [2.05, 4.69) is 25.9 Å². The molecule has 1 saturated heterocycles. The maximum Gasteiger partial charge on any atom is 0.256 e. The van der Waals surface area contributed by atoms with E-state index in [9.17, 15) is 13.2 Å². The summed E-state index contributed by atoms with van der Waals surface area (Å²) in [4.78, 5) is 16.6. The Morgan fingerprint density at radius 1 is 1.18 bits per heavy atom. The molecule has 15 heteroatoms. The van der Waals surface area contributed by atoms with Crippen molar-refractivity contribution in [1.29, 1.82) is 0 Å². The summed E-state index contributed by atoms with van der Waals surface area (Å²) in [5.74, 6) is 0.305. The van der Waals surface area contributed by atoms with Crippen LogP contribution in [0.5, 0.6) is 0 Å². The fourth-order valence-electron chi connectivity index (χ4n) is 4.84. The third kappa shape index (κ3) is 5.57. The molecule has 2 aliphatic heterocycles. The number of anilines is 1. The van der Waals surface area contributed by atoms with Crippen LogP contribution >= 0.6 is 23.4 Å². The Bertz CT molecular complexity index is 1640. The van der Waals surface area contributed by atoms with E-state index in [1.165, 1.54) is 16.1 Å². The first kappa shape index (κ1) is 28.0. The van der Waals surface area contributed by atoms with Crippen LogP contribution in [-0.2, 0) is 28.3 Å². The molecule has 11 nitrogen and oxygen atoms in total. The number of nitrogens with zero attached hydrogens (tertiary/aromatic N) is 6. The van der Waals surface area contributed by atoms with E-state index in [1.807, 2.05) is 30.1 Å². The summed E-state index contributed by atoms with van der Waals surface area (Å²) in [6, 6.07) is 11.8. The van der Waals surface area contributed by atoms with Crippen molar-refractivity contribution < 1.29 is 41.8 Å². The van der Waals surface area contributed by atoms with Crippen molar-refractivity contribution in [3.63, 3.8) is 0 Å². The first-order valence-electron chi connectivity index (χ1n) is 11.9. The Labute approximate surface area is 251 Å². The number of nitrogens with one attached hydrogen (secondary N) is 2. The maximum absolute atomic E-state index is 13.7. The van der Waals surface area contributed by atoms with Crippen LogP contribution in [0, 0.1) is 0 Å². The fourth-order valence-corrected chi connectivity index (χ4v) is 7.68. The number of benzene rings is 2. The summed E-state index contributed by atoms with van der Waals surface area (Å²) in [6.45, 7) is 0.530. The van der Waals surface area contributed by atoms with Gasteiger partial charge in [-0.2, -0.15) is 9.52 Å². The minimum Gasteiger partial charge on any atom is -1.00 e. The molecule has 2 atom stereocenters. The van der Waals surface area contributed by atoms with Crippen LogP contribution in [0.25, 0.3) is 10.8 Å². The van der Waals surface area contributed by atoms with Gasteiger partial charge in [-0.1, -0.05) is 40.7 Å². The third-order valence-corrected chi connectivity index (χ3v) is 10.00. The molecule has 0 saturated carbocycles. The fraction of sp³-hybridized carbons (Fsp3) is 0.292. The minimum absolute atomic E-state index is 0. The lowest BCUT2D eigenvalue weighted by Crippen LogP contribution is -3.00. The molecule has 0 bridgehead atoms.